The lowest BCUT2D eigenvalue weighted by molar-refractivity contribution is 0.0593. The smallest absolute Gasteiger partial charge is 0.340 e. The maximum atomic E-state index is 13.6. The number of nitrogens with zero attached hydrogens (tertiary/aromatic N) is 2. The summed E-state index contributed by atoms with van der Waals surface area (Å²) in [7, 11) is 4.38. The summed E-state index contributed by atoms with van der Waals surface area (Å²) in [5, 5.41) is 0. The van der Waals surface area contributed by atoms with E-state index in [9.17, 15) is 9.59 Å². The highest BCUT2D eigenvalue weighted by atomic mass is 79.9. The van der Waals surface area contributed by atoms with Crippen LogP contribution in [0, 0.1) is 6.92 Å². The van der Waals surface area contributed by atoms with Crippen LogP contribution in [0.15, 0.2) is 46.9 Å². The number of aromatic amines is 2. The van der Waals surface area contributed by atoms with E-state index >= 15 is 0 Å². The first-order valence-electron chi connectivity index (χ1n) is 15.0. The molecule has 0 amide bonds. The number of fused-ring (bicyclic) bond motifs is 8. The van der Waals surface area contributed by atoms with Crippen LogP contribution in [0.5, 0.6) is 5.75 Å². The van der Waals surface area contributed by atoms with Gasteiger partial charge >= 0.3 is 11.9 Å². The molecule has 238 valence electrons. The van der Waals surface area contributed by atoms with Gasteiger partial charge in [0.2, 0.25) is 0 Å². The number of H-pyrrole nitrogens is 2. The second-order valence-corrected chi connectivity index (χ2v) is 13.9. The van der Waals surface area contributed by atoms with Gasteiger partial charge in [0.05, 0.1) is 54.7 Å². The van der Waals surface area contributed by atoms with Gasteiger partial charge in [0.25, 0.3) is 0 Å². The lowest BCUT2D eigenvalue weighted by Crippen LogP contribution is -2.15. The number of ether oxygens (including phenoxy) is 3. The SMILES string of the molecule is COC(=O)c1ccc(-c2c(C(=O)OC)c3cc4nc(cc5[nH]c(c(C)c5Br)c(OC)c5nc(cc2[nH]3)C(C)(C)C5)C(C)(C)C4)cc1. The Labute approximate surface area is 275 Å². The van der Waals surface area contributed by atoms with Crippen molar-refractivity contribution in [2.45, 2.75) is 58.3 Å². The van der Waals surface area contributed by atoms with Crippen LogP contribution in [-0.2, 0) is 33.1 Å². The Morgan fingerprint density at radius 2 is 1.43 bits per heavy atom. The van der Waals surface area contributed by atoms with Gasteiger partial charge in [0.15, 0.2) is 5.75 Å². The number of halogens is 1. The Morgan fingerprint density at radius 1 is 0.804 bits per heavy atom. The molecule has 4 aromatic rings. The van der Waals surface area contributed by atoms with E-state index in [0.29, 0.717) is 46.3 Å². The van der Waals surface area contributed by atoms with Crippen LogP contribution in [0.4, 0.5) is 0 Å². The maximum Gasteiger partial charge on any atom is 0.340 e. The van der Waals surface area contributed by atoms with Crippen molar-refractivity contribution >= 4 is 49.9 Å². The maximum absolute atomic E-state index is 13.6. The summed E-state index contributed by atoms with van der Waals surface area (Å²) < 4.78 is 17.2. The van der Waals surface area contributed by atoms with Crippen LogP contribution in [0.25, 0.3) is 33.2 Å². The van der Waals surface area contributed by atoms with Crippen LogP contribution < -0.4 is 4.74 Å². The van der Waals surface area contributed by atoms with Crippen molar-refractivity contribution in [1.29, 1.82) is 0 Å². The Hall–Kier alpha value is -4.44. The molecule has 0 aliphatic carbocycles. The van der Waals surface area contributed by atoms with E-state index in [1.54, 1.807) is 19.2 Å². The summed E-state index contributed by atoms with van der Waals surface area (Å²) in [6.07, 6.45) is 1.31. The second kappa shape index (κ2) is 11.4. The third kappa shape index (κ3) is 5.28. The number of aromatic nitrogens is 4. The molecular formula is C36H37BrN4O5. The Morgan fingerprint density at radius 3 is 2.09 bits per heavy atom. The molecule has 9 nitrogen and oxygen atoms in total. The van der Waals surface area contributed by atoms with E-state index in [0.717, 1.165) is 49.4 Å². The number of aryl methyl sites for hydroxylation is 1. The third-order valence-electron chi connectivity index (χ3n) is 8.95. The fourth-order valence-corrected chi connectivity index (χ4v) is 6.80. The zero-order chi connectivity index (χ0) is 33.1. The van der Waals surface area contributed by atoms with Crippen LogP contribution in [0.3, 0.4) is 0 Å². The van der Waals surface area contributed by atoms with Crippen molar-refractivity contribution in [3.8, 4) is 16.9 Å². The Kier molecular flexibility index (Phi) is 7.83. The monoisotopic (exact) mass is 684 g/mol. The number of hydrogen-bond donors (Lipinski definition) is 2. The fourth-order valence-electron chi connectivity index (χ4n) is 6.39. The van der Waals surface area contributed by atoms with Crippen molar-refractivity contribution in [1.82, 2.24) is 19.9 Å². The highest BCUT2D eigenvalue weighted by Crippen LogP contribution is 2.41. The molecule has 6 rings (SSSR count). The minimum absolute atomic E-state index is 0.269. The zero-order valence-corrected chi connectivity index (χ0v) is 28.9. The molecule has 0 spiro atoms. The van der Waals surface area contributed by atoms with Crippen LogP contribution >= 0.6 is 15.9 Å². The van der Waals surface area contributed by atoms with E-state index in [1.807, 2.05) is 24.3 Å². The van der Waals surface area contributed by atoms with Crippen molar-refractivity contribution < 1.29 is 23.8 Å². The van der Waals surface area contributed by atoms with Gasteiger partial charge in [-0.05, 0) is 64.3 Å². The highest BCUT2D eigenvalue weighted by Gasteiger charge is 2.33. The topological polar surface area (TPSA) is 119 Å². The largest absolute Gasteiger partial charge is 0.493 e. The fraction of sp³-hybridized carbons (Fsp3) is 0.333. The standard InChI is InChI=1S/C36H37BrN4O5/c1-18-30(37)24-15-26-35(2,3)16-21(38-26)13-22-29(34(43)46-8)28(19-9-11-20(12-10-19)33(42)45-7)23(39-22)14-27-36(4,5)17-25(40-27)32(44-6)31(18)41-24/h9-15,39,41H,16-17H2,1-8H3. The first-order chi connectivity index (χ1) is 21.8. The summed E-state index contributed by atoms with van der Waals surface area (Å²) in [6.45, 7) is 10.6. The van der Waals surface area contributed by atoms with Gasteiger partial charge in [-0.15, -0.1) is 0 Å². The average Bonchev–Trinajstić information content (AvgIpc) is 3.70. The molecular weight excluding hydrogens is 648 g/mol. The minimum Gasteiger partial charge on any atom is -0.493 e. The quantitative estimate of drug-likeness (QED) is 0.212. The normalized spacial score (nSPS) is 15.0. The number of hydrogen-bond acceptors (Lipinski definition) is 7. The van der Waals surface area contributed by atoms with E-state index in [2.05, 4.69) is 66.6 Å². The Balaban J connectivity index is 1.80. The molecule has 5 heterocycles. The first-order valence-corrected chi connectivity index (χ1v) is 15.8. The number of esters is 2. The number of carbonyl (C=O) groups is 2. The van der Waals surface area contributed by atoms with Crippen LogP contribution in [0.1, 0.15) is 76.8 Å². The average molecular weight is 686 g/mol. The van der Waals surface area contributed by atoms with Gasteiger partial charge < -0.3 is 24.2 Å². The summed E-state index contributed by atoms with van der Waals surface area (Å²) in [6, 6.07) is 13.0. The lowest BCUT2D eigenvalue weighted by atomic mass is 9.86. The molecule has 3 aromatic heterocycles. The molecule has 10 heteroatoms. The first kappa shape index (κ1) is 31.5. The van der Waals surface area contributed by atoms with Gasteiger partial charge in [-0.3, -0.25) is 9.97 Å². The molecule has 2 aliphatic heterocycles. The van der Waals surface area contributed by atoms with Gasteiger partial charge in [0, 0.05) is 56.3 Å². The lowest BCUT2D eigenvalue weighted by Gasteiger charge is -2.16. The van der Waals surface area contributed by atoms with Crippen LogP contribution in [-0.4, -0.2) is 53.2 Å². The van der Waals surface area contributed by atoms with E-state index < -0.39 is 11.9 Å². The van der Waals surface area contributed by atoms with Crippen molar-refractivity contribution in [3.63, 3.8) is 0 Å². The molecule has 2 aliphatic rings. The highest BCUT2D eigenvalue weighted by molar-refractivity contribution is 9.10. The summed E-state index contributed by atoms with van der Waals surface area (Å²) >= 11 is 3.81. The predicted molar refractivity (Wildman–Crippen MR) is 182 cm³/mol. The third-order valence-corrected chi connectivity index (χ3v) is 9.97. The molecule has 0 radical (unpaired) electrons. The zero-order valence-electron chi connectivity index (χ0n) is 27.3. The van der Waals surface area contributed by atoms with E-state index in [1.165, 1.54) is 14.2 Å². The Bertz CT molecular complexity index is 2070. The molecule has 0 saturated carbocycles. The second-order valence-electron chi connectivity index (χ2n) is 13.1. The number of benzene rings is 1. The van der Waals surface area contributed by atoms with Gasteiger partial charge in [-0.2, -0.15) is 0 Å². The molecule has 1 aromatic carbocycles. The number of methoxy groups -OCH3 is 3. The molecule has 8 bridgehead atoms. The van der Waals surface area contributed by atoms with Crippen molar-refractivity contribution in [2.75, 3.05) is 21.3 Å². The molecule has 0 saturated heterocycles. The molecule has 2 N–H and O–H groups in total. The predicted octanol–water partition coefficient (Wildman–Crippen LogP) is 7.68. The van der Waals surface area contributed by atoms with Gasteiger partial charge in [-0.25, -0.2) is 9.59 Å². The summed E-state index contributed by atoms with van der Waals surface area (Å²) in [4.78, 5) is 43.1. The number of rotatable bonds is 4. The molecule has 0 fully saturated rings. The number of nitrogens with one attached hydrogen (secondary N) is 2. The van der Waals surface area contributed by atoms with E-state index in [4.69, 9.17) is 24.2 Å². The van der Waals surface area contributed by atoms with Gasteiger partial charge in [-0.1, -0.05) is 39.8 Å². The van der Waals surface area contributed by atoms with Gasteiger partial charge in [0.1, 0.15) is 0 Å². The summed E-state index contributed by atoms with van der Waals surface area (Å²) in [5.74, 6) is -0.256. The summed E-state index contributed by atoms with van der Waals surface area (Å²) in [5.41, 5.74) is 8.94. The molecule has 0 unspecified atom stereocenters. The van der Waals surface area contributed by atoms with Crippen molar-refractivity contribution in [2.24, 2.45) is 0 Å². The van der Waals surface area contributed by atoms with E-state index in [-0.39, 0.29) is 10.8 Å². The number of carbonyl (C=O) groups excluding carboxylic acids is 2. The minimum atomic E-state index is -0.492. The van der Waals surface area contributed by atoms with Crippen molar-refractivity contribution in [3.05, 3.63) is 86.4 Å². The van der Waals surface area contributed by atoms with Crippen LogP contribution in [0.2, 0.25) is 0 Å². The molecule has 46 heavy (non-hydrogen) atoms. The molecule has 0 atom stereocenters.